The first-order chi connectivity index (χ1) is 1.91. The van der Waals surface area contributed by atoms with Gasteiger partial charge in [-0.25, -0.2) is 0 Å². The molecule has 0 fully saturated rings. The standard InChI is InChI=1S/B2H2N2/c1-4-2-3/h3H2. The number of nitrogens with two attached hydrogens (primary N) is 1. The van der Waals surface area contributed by atoms with Crippen LogP contribution in [0.25, 0.3) is 0 Å². The van der Waals surface area contributed by atoms with Crippen LogP contribution in [-0.2, 0) is 0 Å². The van der Waals surface area contributed by atoms with Crippen molar-refractivity contribution in [3.8, 4) is 0 Å². The summed E-state index contributed by atoms with van der Waals surface area (Å²) in [6, 6.07) is 0. The van der Waals surface area contributed by atoms with Gasteiger partial charge in [0.25, 0.3) is 0 Å². The number of rotatable bonds is 0. The number of hydrogen-bond acceptors (Lipinski definition) is 1. The van der Waals surface area contributed by atoms with Crippen LogP contribution in [0.1, 0.15) is 0 Å². The van der Waals surface area contributed by atoms with Crippen molar-refractivity contribution in [3.05, 3.63) is 0 Å². The van der Waals surface area contributed by atoms with Crippen molar-refractivity contribution in [1.82, 2.24) is 0 Å². The predicted molar refractivity (Wildman–Crippen MR) is 18.1 cm³/mol. The van der Waals surface area contributed by atoms with E-state index in [1.165, 1.54) is 0 Å². The summed E-state index contributed by atoms with van der Waals surface area (Å²) in [4.78, 5) is 2.89. The maximum atomic E-state index is 4.61. The molecule has 0 aliphatic rings. The monoisotopic (exact) mass is 52.0 g/mol. The molecular formula is H2B2N2. The fourth-order valence-corrected chi connectivity index (χ4v) is 0. The zero-order valence-electron chi connectivity index (χ0n) is 2.18. The van der Waals surface area contributed by atoms with E-state index in [1.807, 2.05) is 0 Å². The first kappa shape index (κ1) is 3.73. The van der Waals surface area contributed by atoms with E-state index < -0.39 is 0 Å². The molecule has 0 heterocycles. The van der Waals surface area contributed by atoms with Crippen molar-refractivity contribution >= 4 is 15.2 Å². The van der Waals surface area contributed by atoms with Crippen LogP contribution in [0.4, 0.5) is 0 Å². The van der Waals surface area contributed by atoms with Crippen molar-refractivity contribution in [3.63, 3.8) is 0 Å². The van der Waals surface area contributed by atoms with Gasteiger partial charge in [0.1, 0.15) is 0 Å². The first-order valence-electron chi connectivity index (χ1n) is 0.850. The van der Waals surface area contributed by atoms with Crippen molar-refractivity contribution in [2.75, 3.05) is 0 Å². The number of hydrogen-bond donors (Lipinski definition) is 1. The molecule has 2 N–H and O–H groups in total. The van der Waals surface area contributed by atoms with E-state index in [2.05, 4.69) is 18.4 Å². The van der Waals surface area contributed by atoms with E-state index in [4.69, 9.17) is 0 Å². The summed E-state index contributed by atoms with van der Waals surface area (Å²) < 4.78 is 0. The van der Waals surface area contributed by atoms with Crippen LogP contribution < -0.4 is 5.64 Å². The van der Waals surface area contributed by atoms with E-state index >= 15 is 0 Å². The third-order valence-corrected chi connectivity index (χ3v) is 0.0861. The fourth-order valence-electron chi connectivity index (χ4n) is 0. The van der Waals surface area contributed by atoms with Crippen LogP contribution in [0, 0.1) is 0 Å². The van der Waals surface area contributed by atoms with Crippen LogP contribution in [0.3, 0.4) is 0 Å². The van der Waals surface area contributed by atoms with Gasteiger partial charge in [-0.2, -0.15) is 0 Å². The maximum absolute atomic E-state index is 4.61. The zero-order chi connectivity index (χ0) is 3.41. The van der Waals surface area contributed by atoms with Crippen LogP contribution in [0.5, 0.6) is 0 Å². The third-order valence-electron chi connectivity index (χ3n) is 0.0861. The van der Waals surface area contributed by atoms with Gasteiger partial charge in [0.2, 0.25) is 0 Å². The topological polar surface area (TPSA) is 38.4 Å². The Labute approximate surface area is 26.8 Å². The van der Waals surface area contributed by atoms with E-state index in [9.17, 15) is 0 Å². The minimum atomic E-state index is 1.03. The SMILES string of the molecule is [B]N=BN. The molecular weight excluding hydrogens is 49.6 g/mol. The molecule has 0 aromatic carbocycles. The molecule has 0 aliphatic heterocycles. The Morgan fingerprint density at radius 2 is 2.25 bits per heavy atom. The molecule has 0 aliphatic carbocycles. The van der Waals surface area contributed by atoms with Crippen LogP contribution in [0.2, 0.25) is 0 Å². The first-order valence-corrected chi connectivity index (χ1v) is 0.850. The van der Waals surface area contributed by atoms with Gasteiger partial charge in [-0.3, -0.25) is 0 Å². The summed E-state index contributed by atoms with van der Waals surface area (Å²) in [6.45, 7) is 0. The molecule has 0 saturated heterocycles. The second-order valence-electron chi connectivity index (χ2n) is 0.298. The molecule has 0 spiro atoms. The quantitative estimate of drug-likeness (QED) is 0.346. The molecule has 0 atom stereocenters. The molecule has 4 heteroatoms. The van der Waals surface area contributed by atoms with Crippen LogP contribution in [-0.4, -0.2) is 15.2 Å². The Kier molecular flexibility index (Phi) is 2.55. The van der Waals surface area contributed by atoms with E-state index in [1.54, 1.807) is 0 Å². The van der Waals surface area contributed by atoms with E-state index in [0.717, 1.165) is 7.21 Å². The molecule has 18 valence electrons. The average Bonchev–Trinajstić information content (AvgIpc) is 1.37. The molecule has 0 aromatic heterocycles. The summed E-state index contributed by atoms with van der Waals surface area (Å²) in [5.41, 5.74) is 4.61. The molecule has 0 saturated carbocycles. The average molecular weight is 51.7 g/mol. The van der Waals surface area contributed by atoms with E-state index in [0.29, 0.717) is 0 Å². The molecule has 0 bridgehead atoms. The predicted octanol–water partition coefficient (Wildman–Crippen LogP) is -1.17. The van der Waals surface area contributed by atoms with E-state index in [-0.39, 0.29) is 0 Å². The molecule has 4 heavy (non-hydrogen) atoms. The fraction of sp³-hybridized carbons (Fsp3) is 0. The van der Waals surface area contributed by atoms with Crippen LogP contribution >= 0.6 is 0 Å². The van der Waals surface area contributed by atoms with Crippen LogP contribution in [0.15, 0.2) is 4.81 Å². The normalized spacial score (nSPS) is 7.00. The summed E-state index contributed by atoms with van der Waals surface area (Å²) in [5, 5.41) is 0. The Morgan fingerprint density at radius 1 is 2.00 bits per heavy atom. The minimum absolute atomic E-state index is 1.03. The van der Waals surface area contributed by atoms with Gasteiger partial charge in [0.05, 0.1) is 0 Å². The molecule has 0 rings (SSSR count). The van der Waals surface area contributed by atoms with Crippen molar-refractivity contribution in [2.45, 2.75) is 0 Å². The van der Waals surface area contributed by atoms with Crippen molar-refractivity contribution in [2.24, 2.45) is 10.5 Å². The number of nitrogens with zero attached hydrogens (tertiary/aromatic N) is 1. The van der Waals surface area contributed by atoms with Gasteiger partial charge in [0.15, 0.2) is 0 Å². The molecule has 2 radical (unpaired) electrons. The Balaban J connectivity index is 2.55. The molecule has 2 nitrogen and oxygen atoms in total. The van der Waals surface area contributed by atoms with Gasteiger partial charge in [-0.15, -0.1) is 0 Å². The summed E-state index contributed by atoms with van der Waals surface area (Å²) in [7, 11) is 5.50. The van der Waals surface area contributed by atoms with Gasteiger partial charge in [0, 0.05) is 0 Å². The molecule has 0 aromatic rings. The Morgan fingerprint density at radius 3 is 2.25 bits per heavy atom. The van der Waals surface area contributed by atoms with Gasteiger partial charge < -0.3 is 0 Å². The van der Waals surface area contributed by atoms with Crippen molar-refractivity contribution < 1.29 is 0 Å². The molecule has 0 amide bonds. The summed E-state index contributed by atoms with van der Waals surface area (Å²) >= 11 is 0. The van der Waals surface area contributed by atoms with Gasteiger partial charge in [-0.05, 0) is 0 Å². The molecule has 0 unspecified atom stereocenters. The van der Waals surface area contributed by atoms with Gasteiger partial charge >= 0.3 is 25.6 Å². The summed E-state index contributed by atoms with van der Waals surface area (Å²) in [6.07, 6.45) is 0. The summed E-state index contributed by atoms with van der Waals surface area (Å²) in [5.74, 6) is 0. The zero-order valence-corrected chi connectivity index (χ0v) is 2.18. The van der Waals surface area contributed by atoms with Gasteiger partial charge in [-0.1, -0.05) is 0 Å². The second kappa shape index (κ2) is 2.73. The Hall–Kier alpha value is -0.270. The van der Waals surface area contributed by atoms with Crippen molar-refractivity contribution in [1.29, 1.82) is 0 Å². The second-order valence-corrected chi connectivity index (χ2v) is 0.298. The third kappa shape index (κ3) is 1.73. The Bertz CT molecular complexity index is 19.2.